The highest BCUT2D eigenvalue weighted by Crippen LogP contribution is 2.45. The number of alkyl halides is 2. The van der Waals surface area contributed by atoms with E-state index in [0.29, 0.717) is 61.1 Å². The zero-order chi connectivity index (χ0) is 29.5. The lowest BCUT2D eigenvalue weighted by molar-refractivity contribution is -0.133. The molecule has 222 valence electrons. The summed E-state index contributed by atoms with van der Waals surface area (Å²) in [6, 6.07) is 5.18. The average Bonchev–Trinajstić information content (AvgIpc) is 3.05. The zero-order valence-electron chi connectivity index (χ0n) is 23.9. The molecule has 0 radical (unpaired) electrons. The van der Waals surface area contributed by atoms with Gasteiger partial charge in [-0.05, 0) is 65.2 Å². The largest absolute Gasteiger partial charge is 0.482 e. The standard InChI is InChI=1S/C29H36ClF2N5O4/c1-18-9-13-37(18)26-33-24(20-8-10-29(31,32)25(20)34-26)19-6-7-22(21(30)16-19)40-17-23(38)35-11-5-12-36(15-14-35)27(39)41-28(2,3)4/h6-7,16,18H,5,8-15,17H2,1-4H3. The Hall–Kier alpha value is -3.21. The molecule has 1 unspecified atom stereocenters. The van der Waals surface area contributed by atoms with Gasteiger partial charge in [-0.15, -0.1) is 0 Å². The summed E-state index contributed by atoms with van der Waals surface area (Å²) in [6.07, 6.45) is 1.08. The van der Waals surface area contributed by atoms with Gasteiger partial charge in [-0.25, -0.2) is 14.8 Å². The number of hydrogen-bond donors (Lipinski definition) is 0. The van der Waals surface area contributed by atoms with Crippen LogP contribution in [0.2, 0.25) is 5.02 Å². The lowest BCUT2D eigenvalue weighted by Crippen LogP contribution is -2.47. The van der Waals surface area contributed by atoms with Gasteiger partial charge in [0.25, 0.3) is 11.8 Å². The van der Waals surface area contributed by atoms with Gasteiger partial charge in [0.05, 0.1) is 10.7 Å². The number of rotatable bonds is 5. The zero-order valence-corrected chi connectivity index (χ0v) is 24.6. The van der Waals surface area contributed by atoms with Crippen molar-refractivity contribution in [3.05, 3.63) is 34.5 Å². The Morgan fingerprint density at radius 3 is 2.49 bits per heavy atom. The Balaban J connectivity index is 1.26. The molecule has 0 saturated carbocycles. The summed E-state index contributed by atoms with van der Waals surface area (Å²) in [5.41, 5.74) is 0.684. The van der Waals surface area contributed by atoms with Gasteiger partial charge < -0.3 is 24.2 Å². The van der Waals surface area contributed by atoms with E-state index in [0.717, 1.165) is 13.0 Å². The highest BCUT2D eigenvalue weighted by molar-refractivity contribution is 6.32. The Bertz CT molecular complexity index is 1340. The van der Waals surface area contributed by atoms with Gasteiger partial charge in [0.1, 0.15) is 17.0 Å². The number of nitrogens with zero attached hydrogens (tertiary/aromatic N) is 5. The van der Waals surface area contributed by atoms with Gasteiger partial charge >= 0.3 is 6.09 Å². The van der Waals surface area contributed by atoms with E-state index >= 15 is 0 Å². The normalized spacial score (nSPS) is 20.3. The van der Waals surface area contributed by atoms with E-state index < -0.39 is 11.5 Å². The van der Waals surface area contributed by atoms with E-state index in [-0.39, 0.29) is 48.2 Å². The van der Waals surface area contributed by atoms with E-state index in [1.165, 1.54) is 0 Å². The van der Waals surface area contributed by atoms with Crippen molar-refractivity contribution < 1.29 is 27.8 Å². The van der Waals surface area contributed by atoms with E-state index in [1.807, 2.05) is 32.6 Å². The van der Waals surface area contributed by atoms with Crippen LogP contribution in [0.3, 0.4) is 0 Å². The molecule has 1 aromatic heterocycles. The van der Waals surface area contributed by atoms with Crippen molar-refractivity contribution in [1.82, 2.24) is 19.8 Å². The predicted octanol–water partition coefficient (Wildman–Crippen LogP) is 5.28. The topological polar surface area (TPSA) is 88.1 Å². The number of anilines is 1. The maximum absolute atomic E-state index is 14.7. The molecule has 1 atom stereocenters. The molecule has 2 aromatic rings. The molecule has 12 heteroatoms. The van der Waals surface area contributed by atoms with Crippen LogP contribution in [-0.2, 0) is 21.9 Å². The van der Waals surface area contributed by atoms with Gasteiger partial charge in [0, 0.05) is 56.3 Å². The molecule has 1 aromatic carbocycles. The number of benzene rings is 1. The quantitative estimate of drug-likeness (QED) is 0.467. The molecule has 3 aliphatic rings. The van der Waals surface area contributed by atoms with Gasteiger partial charge in [0.15, 0.2) is 6.61 Å². The number of amides is 2. The van der Waals surface area contributed by atoms with Gasteiger partial charge in [-0.3, -0.25) is 4.79 Å². The first-order valence-electron chi connectivity index (χ1n) is 14.1. The van der Waals surface area contributed by atoms with Crippen LogP contribution < -0.4 is 9.64 Å². The van der Waals surface area contributed by atoms with E-state index in [2.05, 4.69) is 9.97 Å². The summed E-state index contributed by atoms with van der Waals surface area (Å²) in [6.45, 7) is 9.71. The first-order valence-corrected chi connectivity index (χ1v) is 14.4. The van der Waals surface area contributed by atoms with Gasteiger partial charge in [-0.1, -0.05) is 11.6 Å². The summed E-state index contributed by atoms with van der Waals surface area (Å²) in [5.74, 6) is -2.61. The van der Waals surface area contributed by atoms with Gasteiger partial charge in [0.2, 0.25) is 5.95 Å². The van der Waals surface area contributed by atoms with Crippen LogP contribution in [0.25, 0.3) is 11.3 Å². The lowest BCUT2D eigenvalue weighted by atomic mass is 10.0. The Kier molecular flexibility index (Phi) is 8.02. The molecule has 1 aliphatic carbocycles. The lowest BCUT2D eigenvalue weighted by Gasteiger charge is -2.39. The molecule has 0 bridgehead atoms. The number of halogens is 3. The maximum Gasteiger partial charge on any atom is 0.410 e. The first kappa shape index (κ1) is 29.3. The molecular formula is C29H36ClF2N5O4. The third-order valence-electron chi connectivity index (χ3n) is 7.66. The van der Waals surface area contributed by atoms with Crippen LogP contribution in [0.5, 0.6) is 5.75 Å². The minimum atomic E-state index is -3.00. The van der Waals surface area contributed by atoms with Crippen molar-refractivity contribution in [3.8, 4) is 17.0 Å². The van der Waals surface area contributed by atoms with Crippen LogP contribution in [0.15, 0.2) is 18.2 Å². The molecule has 2 amide bonds. The number of carbonyl (C=O) groups is 2. The number of ether oxygens (including phenoxy) is 2. The second kappa shape index (κ2) is 11.2. The van der Waals surface area contributed by atoms with Crippen LogP contribution in [-0.4, -0.2) is 82.7 Å². The number of carbonyl (C=O) groups excluding carboxylic acids is 2. The summed E-state index contributed by atoms with van der Waals surface area (Å²) in [5, 5.41) is 0.248. The maximum atomic E-state index is 14.7. The number of hydrogen-bond acceptors (Lipinski definition) is 7. The monoisotopic (exact) mass is 591 g/mol. The minimum Gasteiger partial charge on any atom is -0.482 e. The van der Waals surface area contributed by atoms with Crippen molar-refractivity contribution in [3.63, 3.8) is 0 Å². The highest BCUT2D eigenvalue weighted by atomic mass is 35.5. The average molecular weight is 592 g/mol. The fraction of sp³-hybridized carbons (Fsp3) is 0.586. The summed E-state index contributed by atoms with van der Waals surface area (Å²) in [7, 11) is 0. The van der Waals surface area contributed by atoms with Gasteiger partial charge in [-0.2, -0.15) is 8.78 Å². The Morgan fingerprint density at radius 1 is 1.10 bits per heavy atom. The summed E-state index contributed by atoms with van der Waals surface area (Å²) < 4.78 is 40.6. The fourth-order valence-electron chi connectivity index (χ4n) is 5.26. The van der Waals surface area contributed by atoms with Crippen LogP contribution in [0.1, 0.15) is 58.2 Å². The molecular weight excluding hydrogens is 556 g/mol. The fourth-order valence-corrected chi connectivity index (χ4v) is 5.50. The van der Waals surface area contributed by atoms with E-state index in [1.54, 1.807) is 28.0 Å². The first-order chi connectivity index (χ1) is 19.3. The minimum absolute atomic E-state index is 0.180. The predicted molar refractivity (Wildman–Crippen MR) is 151 cm³/mol. The van der Waals surface area contributed by atoms with Crippen molar-refractivity contribution in [2.75, 3.05) is 44.2 Å². The number of fused-ring (bicyclic) bond motifs is 1. The molecule has 2 saturated heterocycles. The van der Waals surface area contributed by atoms with E-state index in [4.69, 9.17) is 21.1 Å². The van der Waals surface area contributed by atoms with Crippen LogP contribution in [0.4, 0.5) is 19.5 Å². The van der Waals surface area contributed by atoms with E-state index in [9.17, 15) is 18.4 Å². The molecule has 41 heavy (non-hydrogen) atoms. The third kappa shape index (κ3) is 6.34. The summed E-state index contributed by atoms with van der Waals surface area (Å²) >= 11 is 6.54. The molecule has 0 N–H and O–H groups in total. The van der Waals surface area contributed by atoms with Crippen molar-refractivity contribution >= 4 is 29.5 Å². The van der Waals surface area contributed by atoms with Crippen LogP contribution in [0, 0.1) is 0 Å². The molecule has 2 aliphatic heterocycles. The second-order valence-electron chi connectivity index (χ2n) is 11.9. The molecule has 3 heterocycles. The SMILES string of the molecule is CC1CCN1c1nc(-c2ccc(OCC(=O)N3CCCN(C(=O)OC(C)(C)C)CC3)c(Cl)c2)c2c(n1)C(F)(F)CC2. The highest BCUT2D eigenvalue weighted by Gasteiger charge is 2.44. The molecule has 9 nitrogen and oxygen atoms in total. The van der Waals surface area contributed by atoms with Crippen LogP contribution >= 0.6 is 11.6 Å². The molecule has 0 spiro atoms. The van der Waals surface area contributed by atoms with Crippen molar-refractivity contribution in [2.24, 2.45) is 0 Å². The molecule has 2 fully saturated rings. The van der Waals surface area contributed by atoms with Crippen molar-refractivity contribution in [2.45, 2.75) is 70.9 Å². The Labute approximate surface area is 243 Å². The summed E-state index contributed by atoms with van der Waals surface area (Å²) in [4.78, 5) is 39.5. The second-order valence-corrected chi connectivity index (χ2v) is 12.3. The van der Waals surface area contributed by atoms with Crippen molar-refractivity contribution in [1.29, 1.82) is 0 Å². The third-order valence-corrected chi connectivity index (χ3v) is 7.96. The smallest absolute Gasteiger partial charge is 0.410 e. The number of aromatic nitrogens is 2. The Morgan fingerprint density at radius 2 is 1.83 bits per heavy atom. The molecule has 5 rings (SSSR count).